The van der Waals surface area contributed by atoms with Gasteiger partial charge in [0.25, 0.3) is 11.8 Å². The summed E-state index contributed by atoms with van der Waals surface area (Å²) in [6.07, 6.45) is 1.42. The lowest BCUT2D eigenvalue weighted by molar-refractivity contribution is -0.121. The van der Waals surface area contributed by atoms with Crippen LogP contribution in [0, 0.1) is 13.8 Å². The zero-order valence-electron chi connectivity index (χ0n) is 23.5. The molecule has 4 aromatic carbocycles. The molecule has 4 amide bonds. The van der Waals surface area contributed by atoms with Gasteiger partial charge in [-0.3, -0.25) is 9.59 Å². The first-order valence-corrected chi connectivity index (χ1v) is 13.9. The Morgan fingerprint density at radius 1 is 0.738 bits per heavy atom. The molecule has 42 heavy (non-hydrogen) atoms. The third-order valence-electron chi connectivity index (χ3n) is 6.88. The summed E-state index contributed by atoms with van der Waals surface area (Å²) in [5.74, 6) is -0.764. The molecule has 7 nitrogen and oxygen atoms in total. The molecule has 0 saturated carbocycles. The minimum absolute atomic E-state index is 0.204. The number of amides is 4. The molecule has 8 heteroatoms. The summed E-state index contributed by atoms with van der Waals surface area (Å²) < 4.78 is 11.9. The number of anilines is 2. The van der Waals surface area contributed by atoms with Gasteiger partial charge in [-0.1, -0.05) is 66.2 Å². The van der Waals surface area contributed by atoms with Gasteiger partial charge in [0.1, 0.15) is 12.2 Å². The summed E-state index contributed by atoms with van der Waals surface area (Å²) in [7, 11) is 0. The maximum absolute atomic E-state index is 13.7. The number of carbonyl (C=O) groups excluding carboxylic acids is 3. The third kappa shape index (κ3) is 5.78. The molecule has 0 unspecified atom stereocenters. The fourth-order valence-electron chi connectivity index (χ4n) is 4.63. The molecular formula is C34H29ClN2O5. The van der Waals surface area contributed by atoms with E-state index in [9.17, 15) is 14.4 Å². The van der Waals surface area contributed by atoms with Crippen LogP contribution in [0.1, 0.15) is 29.2 Å². The van der Waals surface area contributed by atoms with Crippen molar-refractivity contribution in [2.24, 2.45) is 0 Å². The molecule has 0 radical (unpaired) electrons. The summed E-state index contributed by atoms with van der Waals surface area (Å²) in [6.45, 7) is 6.54. The molecule has 0 bridgehead atoms. The number of halogens is 1. The van der Waals surface area contributed by atoms with Crippen molar-refractivity contribution >= 4 is 46.9 Å². The summed E-state index contributed by atoms with van der Waals surface area (Å²) in [6, 6.07) is 25.6. The standard InChI is InChI=1S/C34H29ClN2O5/c1-4-41-30-20-25(19-29(35)31(30)42-21-24-16-15-22(2)23(3)17-24)18-28-32(38)36(26-11-7-5-8-12-26)34(40)37(33(28)39)27-13-9-6-10-14-27/h5-20H,4,21H2,1-3H3. The van der Waals surface area contributed by atoms with Gasteiger partial charge in [0.05, 0.1) is 23.0 Å². The Bertz CT molecular complexity index is 1620. The van der Waals surface area contributed by atoms with Crippen molar-refractivity contribution in [1.29, 1.82) is 0 Å². The van der Waals surface area contributed by atoms with E-state index in [-0.39, 0.29) is 17.2 Å². The molecule has 0 aromatic heterocycles. The van der Waals surface area contributed by atoms with Gasteiger partial charge in [0.15, 0.2) is 11.5 Å². The molecule has 1 aliphatic rings. The monoisotopic (exact) mass is 580 g/mol. The van der Waals surface area contributed by atoms with E-state index in [4.69, 9.17) is 21.1 Å². The number of hydrogen-bond acceptors (Lipinski definition) is 5. The van der Waals surface area contributed by atoms with Crippen LogP contribution in [0.3, 0.4) is 0 Å². The molecule has 212 valence electrons. The molecular weight excluding hydrogens is 552 g/mol. The highest BCUT2D eigenvalue weighted by molar-refractivity contribution is 6.46. The van der Waals surface area contributed by atoms with E-state index < -0.39 is 17.8 Å². The highest BCUT2D eigenvalue weighted by Gasteiger charge is 2.43. The fraction of sp³-hybridized carbons (Fsp3) is 0.147. The molecule has 0 aliphatic carbocycles. The second-order valence-electron chi connectivity index (χ2n) is 9.76. The van der Waals surface area contributed by atoms with E-state index >= 15 is 0 Å². The van der Waals surface area contributed by atoms with Gasteiger partial charge in [0.2, 0.25) is 0 Å². The minimum atomic E-state index is -0.761. The zero-order chi connectivity index (χ0) is 29.8. The molecule has 4 aromatic rings. The fourth-order valence-corrected chi connectivity index (χ4v) is 4.90. The first-order chi connectivity index (χ1) is 20.3. The van der Waals surface area contributed by atoms with Gasteiger partial charge in [-0.2, -0.15) is 0 Å². The number of imide groups is 2. The lowest BCUT2D eigenvalue weighted by Gasteiger charge is -2.34. The summed E-state index contributed by atoms with van der Waals surface area (Å²) in [5, 5.41) is 0.253. The number of benzene rings is 4. The number of rotatable bonds is 8. The van der Waals surface area contributed by atoms with Gasteiger partial charge in [-0.15, -0.1) is 0 Å². The number of nitrogens with zero attached hydrogens (tertiary/aromatic N) is 2. The lowest BCUT2D eigenvalue weighted by Crippen LogP contribution is -2.57. The predicted molar refractivity (Wildman–Crippen MR) is 164 cm³/mol. The van der Waals surface area contributed by atoms with Crippen LogP contribution in [-0.2, 0) is 16.2 Å². The number of ether oxygens (including phenoxy) is 2. The van der Waals surface area contributed by atoms with Gasteiger partial charge >= 0.3 is 6.03 Å². The Labute approximate surface area is 249 Å². The van der Waals surface area contributed by atoms with E-state index in [1.165, 1.54) is 11.6 Å². The summed E-state index contributed by atoms with van der Waals surface area (Å²) in [4.78, 5) is 42.9. The topological polar surface area (TPSA) is 76.2 Å². The molecule has 0 atom stereocenters. The predicted octanol–water partition coefficient (Wildman–Crippen LogP) is 7.52. The highest BCUT2D eigenvalue weighted by atomic mass is 35.5. The van der Waals surface area contributed by atoms with Crippen molar-refractivity contribution in [3.05, 3.63) is 124 Å². The maximum atomic E-state index is 13.7. The Kier molecular flexibility index (Phi) is 8.41. The van der Waals surface area contributed by atoms with E-state index in [1.807, 2.05) is 32.9 Å². The third-order valence-corrected chi connectivity index (χ3v) is 7.16. The van der Waals surface area contributed by atoms with Crippen LogP contribution in [0.15, 0.2) is 96.6 Å². The number of aryl methyl sites for hydroxylation is 2. The molecule has 0 spiro atoms. The quantitative estimate of drug-likeness (QED) is 0.159. The van der Waals surface area contributed by atoms with Gasteiger partial charge in [-0.05, 0) is 85.5 Å². The van der Waals surface area contributed by atoms with Crippen LogP contribution in [0.4, 0.5) is 16.2 Å². The number of para-hydroxylation sites is 2. The molecule has 0 N–H and O–H groups in total. The van der Waals surface area contributed by atoms with Crippen LogP contribution in [0.25, 0.3) is 6.08 Å². The van der Waals surface area contributed by atoms with Crippen molar-refractivity contribution in [2.45, 2.75) is 27.4 Å². The van der Waals surface area contributed by atoms with Crippen LogP contribution < -0.4 is 19.3 Å². The number of hydrogen-bond donors (Lipinski definition) is 0. The Hall–Kier alpha value is -4.88. The smallest absolute Gasteiger partial charge is 0.343 e. The SMILES string of the molecule is CCOc1cc(C=C2C(=O)N(c3ccccc3)C(=O)N(c3ccccc3)C2=O)cc(Cl)c1OCc1ccc(C)c(C)c1. The average molecular weight is 581 g/mol. The van der Waals surface area contributed by atoms with Crippen molar-refractivity contribution in [1.82, 2.24) is 0 Å². The van der Waals surface area contributed by atoms with E-state index in [0.717, 1.165) is 20.9 Å². The normalized spacial score (nSPS) is 13.4. The van der Waals surface area contributed by atoms with Crippen molar-refractivity contribution < 1.29 is 23.9 Å². The summed E-state index contributed by atoms with van der Waals surface area (Å²) >= 11 is 6.68. The Balaban J connectivity index is 1.54. The van der Waals surface area contributed by atoms with E-state index in [2.05, 4.69) is 6.07 Å². The van der Waals surface area contributed by atoms with Gasteiger partial charge in [0, 0.05) is 0 Å². The van der Waals surface area contributed by atoms with Crippen molar-refractivity contribution in [2.75, 3.05) is 16.4 Å². The van der Waals surface area contributed by atoms with E-state index in [0.29, 0.717) is 35.0 Å². The number of urea groups is 1. The van der Waals surface area contributed by atoms with Crippen LogP contribution in [0.2, 0.25) is 5.02 Å². The molecule has 1 aliphatic heterocycles. The second kappa shape index (κ2) is 12.3. The molecule has 1 fully saturated rings. The van der Waals surface area contributed by atoms with Gasteiger partial charge in [-0.25, -0.2) is 14.6 Å². The Morgan fingerprint density at radius 3 is 1.88 bits per heavy atom. The molecule has 1 saturated heterocycles. The number of barbiturate groups is 1. The lowest BCUT2D eigenvalue weighted by atomic mass is 10.0. The Morgan fingerprint density at radius 2 is 1.33 bits per heavy atom. The second-order valence-corrected chi connectivity index (χ2v) is 10.2. The summed E-state index contributed by atoms with van der Waals surface area (Å²) in [5.41, 5.74) is 4.24. The number of carbonyl (C=O) groups is 3. The minimum Gasteiger partial charge on any atom is -0.490 e. The first-order valence-electron chi connectivity index (χ1n) is 13.5. The van der Waals surface area contributed by atoms with Crippen molar-refractivity contribution in [3.8, 4) is 11.5 Å². The van der Waals surface area contributed by atoms with Crippen LogP contribution >= 0.6 is 11.6 Å². The largest absolute Gasteiger partial charge is 0.490 e. The average Bonchev–Trinajstić information content (AvgIpc) is 2.98. The highest BCUT2D eigenvalue weighted by Crippen LogP contribution is 2.39. The maximum Gasteiger partial charge on any atom is 0.343 e. The van der Waals surface area contributed by atoms with Crippen molar-refractivity contribution in [3.63, 3.8) is 0 Å². The van der Waals surface area contributed by atoms with E-state index in [1.54, 1.807) is 72.8 Å². The van der Waals surface area contributed by atoms with Gasteiger partial charge < -0.3 is 9.47 Å². The first kappa shape index (κ1) is 28.6. The van der Waals surface area contributed by atoms with Crippen LogP contribution in [0.5, 0.6) is 11.5 Å². The van der Waals surface area contributed by atoms with Crippen LogP contribution in [-0.4, -0.2) is 24.5 Å². The molecule has 1 heterocycles. The molecule has 5 rings (SSSR count). The zero-order valence-corrected chi connectivity index (χ0v) is 24.2.